The second-order valence-electron chi connectivity index (χ2n) is 8.35. The molecule has 0 saturated heterocycles. The average Bonchev–Trinajstić information content (AvgIpc) is 2.72. The minimum absolute atomic E-state index is 0.311. The summed E-state index contributed by atoms with van der Waals surface area (Å²) in [5, 5.41) is 8.68. The number of ether oxygens (including phenoxy) is 1. The Morgan fingerprint density at radius 3 is 1.83 bits per heavy atom. The summed E-state index contributed by atoms with van der Waals surface area (Å²) in [6, 6.07) is 8.59. The van der Waals surface area contributed by atoms with Gasteiger partial charge in [-0.05, 0) is 56.2 Å². The van der Waals surface area contributed by atoms with Gasteiger partial charge < -0.3 is 9.84 Å². The molecule has 0 saturated carbocycles. The number of aliphatic carboxylic acids is 1. The van der Waals surface area contributed by atoms with Crippen molar-refractivity contribution in [3.63, 3.8) is 0 Å². The van der Waals surface area contributed by atoms with Gasteiger partial charge in [-0.2, -0.15) is 0 Å². The van der Waals surface area contributed by atoms with Gasteiger partial charge >= 0.3 is 5.97 Å². The summed E-state index contributed by atoms with van der Waals surface area (Å²) in [4.78, 5) is 10.5. The Hall–Kier alpha value is -1.51. The van der Waals surface area contributed by atoms with Crippen LogP contribution in [0.4, 0.5) is 0 Å². The lowest BCUT2D eigenvalue weighted by atomic mass is 10.0. The molecule has 1 N–H and O–H groups in total. The van der Waals surface area contributed by atoms with Crippen LogP contribution in [0.1, 0.15) is 116 Å². The summed E-state index contributed by atoms with van der Waals surface area (Å²) in [6.07, 6.45) is 18.5. The summed E-state index contributed by atoms with van der Waals surface area (Å²) in [7, 11) is 0. The number of carboxylic acid groups (broad SMARTS) is 1. The molecule has 3 nitrogen and oxygen atoms in total. The normalized spacial score (nSPS) is 12.1. The molecule has 0 bridgehead atoms. The summed E-state index contributed by atoms with van der Waals surface area (Å²) in [5.41, 5.74) is 1.35. The molecule has 0 fully saturated rings. The number of unbranched alkanes of at least 4 members (excludes halogenated alkanes) is 10. The van der Waals surface area contributed by atoms with E-state index >= 15 is 0 Å². The SMILES string of the molecule is CCCCCCCCC(CCCCCCCCC(=O)O)Oc1ccc(CC)cc1. The van der Waals surface area contributed by atoms with Crippen molar-refractivity contribution in [2.75, 3.05) is 0 Å². The van der Waals surface area contributed by atoms with Crippen molar-refractivity contribution in [3.8, 4) is 5.75 Å². The Morgan fingerprint density at radius 1 is 0.793 bits per heavy atom. The van der Waals surface area contributed by atoms with Crippen LogP contribution in [0.15, 0.2) is 24.3 Å². The standard InChI is InChI=1S/C26H44O3/c1-3-5-6-7-10-13-16-24(29-25-21-19-23(4-2)20-22-25)17-14-11-8-9-12-15-18-26(27)28/h19-22,24H,3-18H2,1-2H3,(H,27,28). The lowest BCUT2D eigenvalue weighted by molar-refractivity contribution is -0.137. The van der Waals surface area contributed by atoms with Crippen molar-refractivity contribution >= 4 is 5.97 Å². The number of hydrogen-bond acceptors (Lipinski definition) is 2. The molecule has 1 rings (SSSR count). The van der Waals surface area contributed by atoms with Gasteiger partial charge in [-0.3, -0.25) is 4.79 Å². The van der Waals surface area contributed by atoms with Crippen LogP contribution >= 0.6 is 0 Å². The van der Waals surface area contributed by atoms with Gasteiger partial charge in [0, 0.05) is 6.42 Å². The lowest BCUT2D eigenvalue weighted by Crippen LogP contribution is -2.16. The Labute approximate surface area is 179 Å². The van der Waals surface area contributed by atoms with E-state index in [1.54, 1.807) is 0 Å². The van der Waals surface area contributed by atoms with E-state index in [2.05, 4.69) is 38.1 Å². The molecule has 0 aromatic heterocycles. The van der Waals surface area contributed by atoms with Crippen LogP contribution in [-0.2, 0) is 11.2 Å². The van der Waals surface area contributed by atoms with Crippen molar-refractivity contribution in [2.45, 2.75) is 123 Å². The van der Waals surface area contributed by atoms with Crippen LogP contribution in [0.3, 0.4) is 0 Å². The van der Waals surface area contributed by atoms with E-state index in [-0.39, 0.29) is 0 Å². The lowest BCUT2D eigenvalue weighted by Gasteiger charge is -2.19. The maximum Gasteiger partial charge on any atom is 0.303 e. The molecule has 1 atom stereocenters. The van der Waals surface area contributed by atoms with E-state index in [9.17, 15) is 4.79 Å². The Morgan fingerprint density at radius 2 is 1.31 bits per heavy atom. The minimum Gasteiger partial charge on any atom is -0.490 e. The number of aryl methyl sites for hydroxylation is 1. The zero-order valence-corrected chi connectivity index (χ0v) is 19.0. The van der Waals surface area contributed by atoms with E-state index in [1.165, 1.54) is 63.4 Å². The maximum atomic E-state index is 10.5. The number of benzene rings is 1. The van der Waals surface area contributed by atoms with Crippen molar-refractivity contribution in [1.29, 1.82) is 0 Å². The van der Waals surface area contributed by atoms with Crippen molar-refractivity contribution < 1.29 is 14.6 Å². The van der Waals surface area contributed by atoms with Gasteiger partial charge in [-0.15, -0.1) is 0 Å². The molecule has 0 amide bonds. The fraction of sp³-hybridized carbons (Fsp3) is 0.731. The molecule has 0 spiro atoms. The highest BCUT2D eigenvalue weighted by atomic mass is 16.5. The summed E-state index contributed by atoms with van der Waals surface area (Å²) < 4.78 is 6.35. The number of carbonyl (C=O) groups is 1. The molecular weight excluding hydrogens is 360 g/mol. The molecule has 3 heteroatoms. The van der Waals surface area contributed by atoms with E-state index in [4.69, 9.17) is 9.84 Å². The zero-order valence-electron chi connectivity index (χ0n) is 19.0. The van der Waals surface area contributed by atoms with Crippen LogP contribution < -0.4 is 4.74 Å². The monoisotopic (exact) mass is 404 g/mol. The first-order valence-electron chi connectivity index (χ1n) is 12.1. The third-order valence-corrected chi connectivity index (χ3v) is 5.68. The van der Waals surface area contributed by atoms with Gasteiger partial charge in [0.15, 0.2) is 0 Å². The molecule has 1 aromatic carbocycles. The maximum absolute atomic E-state index is 10.5. The molecule has 1 unspecified atom stereocenters. The fourth-order valence-corrected chi connectivity index (χ4v) is 3.77. The topological polar surface area (TPSA) is 46.5 Å². The van der Waals surface area contributed by atoms with Crippen LogP contribution in [0, 0.1) is 0 Å². The van der Waals surface area contributed by atoms with Gasteiger partial charge in [-0.1, -0.05) is 83.8 Å². The van der Waals surface area contributed by atoms with Crippen LogP contribution in [-0.4, -0.2) is 17.2 Å². The third-order valence-electron chi connectivity index (χ3n) is 5.68. The molecule has 1 aromatic rings. The fourth-order valence-electron chi connectivity index (χ4n) is 3.77. The quantitative estimate of drug-likeness (QED) is 0.238. The molecule has 0 aliphatic rings. The summed E-state index contributed by atoms with van der Waals surface area (Å²) >= 11 is 0. The summed E-state index contributed by atoms with van der Waals surface area (Å²) in [6.45, 7) is 4.44. The molecule has 0 aliphatic carbocycles. The van der Waals surface area contributed by atoms with Crippen molar-refractivity contribution in [2.24, 2.45) is 0 Å². The largest absolute Gasteiger partial charge is 0.490 e. The van der Waals surface area contributed by atoms with Crippen molar-refractivity contribution in [3.05, 3.63) is 29.8 Å². The summed E-state index contributed by atoms with van der Waals surface area (Å²) in [5.74, 6) is 0.332. The highest BCUT2D eigenvalue weighted by Gasteiger charge is 2.11. The number of rotatable bonds is 19. The highest BCUT2D eigenvalue weighted by molar-refractivity contribution is 5.66. The number of carboxylic acids is 1. The van der Waals surface area contributed by atoms with Crippen LogP contribution in [0.25, 0.3) is 0 Å². The molecule has 166 valence electrons. The molecular formula is C26H44O3. The van der Waals surface area contributed by atoms with Gasteiger partial charge in [0.2, 0.25) is 0 Å². The number of hydrogen-bond donors (Lipinski definition) is 1. The first-order chi connectivity index (χ1) is 14.2. The Bertz CT molecular complexity index is 509. The first kappa shape index (κ1) is 25.5. The van der Waals surface area contributed by atoms with Crippen LogP contribution in [0.5, 0.6) is 5.75 Å². The van der Waals surface area contributed by atoms with Gasteiger partial charge in [0.1, 0.15) is 5.75 Å². The van der Waals surface area contributed by atoms with Gasteiger partial charge in [0.05, 0.1) is 6.10 Å². The van der Waals surface area contributed by atoms with Gasteiger partial charge in [0.25, 0.3) is 0 Å². The smallest absolute Gasteiger partial charge is 0.303 e. The first-order valence-corrected chi connectivity index (χ1v) is 12.1. The van der Waals surface area contributed by atoms with E-state index in [1.807, 2.05) is 0 Å². The zero-order chi connectivity index (χ0) is 21.2. The molecule has 0 heterocycles. The second-order valence-corrected chi connectivity index (χ2v) is 8.35. The Kier molecular flexibility index (Phi) is 15.3. The van der Waals surface area contributed by atoms with E-state index in [0.717, 1.165) is 44.3 Å². The van der Waals surface area contributed by atoms with E-state index < -0.39 is 5.97 Å². The minimum atomic E-state index is -0.674. The van der Waals surface area contributed by atoms with Crippen molar-refractivity contribution in [1.82, 2.24) is 0 Å². The van der Waals surface area contributed by atoms with Gasteiger partial charge in [-0.25, -0.2) is 0 Å². The molecule has 0 radical (unpaired) electrons. The molecule has 29 heavy (non-hydrogen) atoms. The highest BCUT2D eigenvalue weighted by Crippen LogP contribution is 2.21. The van der Waals surface area contributed by atoms with E-state index in [0.29, 0.717) is 12.5 Å². The Balaban J connectivity index is 2.30. The predicted molar refractivity (Wildman–Crippen MR) is 123 cm³/mol. The average molecular weight is 405 g/mol. The molecule has 0 aliphatic heterocycles. The predicted octanol–water partition coefficient (Wildman–Crippen LogP) is 7.95. The van der Waals surface area contributed by atoms with Crippen LogP contribution in [0.2, 0.25) is 0 Å². The third kappa shape index (κ3) is 14.2. The second kappa shape index (κ2) is 17.4.